The summed E-state index contributed by atoms with van der Waals surface area (Å²) in [6, 6.07) is 0. The molecule has 2 N–H and O–H groups in total. The van der Waals surface area contributed by atoms with Crippen LogP contribution in [0.4, 0.5) is 0 Å². The van der Waals surface area contributed by atoms with Crippen LogP contribution >= 0.6 is 0 Å². The molecule has 3 heteroatoms. The van der Waals surface area contributed by atoms with Gasteiger partial charge in [0.1, 0.15) is 0 Å². The van der Waals surface area contributed by atoms with E-state index in [-0.39, 0.29) is 0 Å². The molecule has 3 nitrogen and oxygen atoms in total. The molecule has 0 aliphatic carbocycles. The van der Waals surface area contributed by atoms with E-state index in [2.05, 4.69) is 12.2 Å². The van der Waals surface area contributed by atoms with Crippen molar-refractivity contribution in [1.82, 2.24) is 5.32 Å². The third-order valence-corrected chi connectivity index (χ3v) is 1.98. The first-order chi connectivity index (χ1) is 6.56. The fraction of sp³-hybridized carbons (Fsp3) is 1.00. The van der Waals surface area contributed by atoms with E-state index in [1.54, 1.807) is 0 Å². The summed E-state index contributed by atoms with van der Waals surface area (Å²) < 4.78 is 5.38. The zero-order chi connectivity index (χ0) is 10.9. The lowest BCUT2D eigenvalue weighted by Gasteiger charge is -2.16. The van der Waals surface area contributed by atoms with Crippen molar-refractivity contribution in [1.29, 1.82) is 0 Å². The molecule has 0 heterocycles. The van der Waals surface area contributed by atoms with Gasteiger partial charge < -0.3 is 15.2 Å². The van der Waals surface area contributed by atoms with Crippen molar-refractivity contribution in [2.45, 2.75) is 45.6 Å². The van der Waals surface area contributed by atoms with Crippen molar-refractivity contribution in [3.8, 4) is 0 Å². The zero-order valence-electron chi connectivity index (χ0n) is 9.81. The minimum atomic E-state index is -0.559. The van der Waals surface area contributed by atoms with Gasteiger partial charge in [-0.1, -0.05) is 13.3 Å². The summed E-state index contributed by atoms with van der Waals surface area (Å²) >= 11 is 0. The number of aliphatic hydroxyl groups is 1. The summed E-state index contributed by atoms with van der Waals surface area (Å²) in [4.78, 5) is 0. The van der Waals surface area contributed by atoms with Crippen molar-refractivity contribution in [2.75, 3.05) is 26.3 Å². The van der Waals surface area contributed by atoms with E-state index in [1.165, 1.54) is 6.42 Å². The third kappa shape index (κ3) is 11.9. The Balaban J connectivity index is 2.99. The van der Waals surface area contributed by atoms with Crippen LogP contribution in [0.2, 0.25) is 0 Å². The highest BCUT2D eigenvalue weighted by Crippen LogP contribution is 2.04. The topological polar surface area (TPSA) is 41.5 Å². The van der Waals surface area contributed by atoms with Crippen LogP contribution < -0.4 is 5.32 Å². The Morgan fingerprint density at radius 2 is 1.93 bits per heavy atom. The van der Waals surface area contributed by atoms with Crippen molar-refractivity contribution in [3.63, 3.8) is 0 Å². The first kappa shape index (κ1) is 13.9. The normalized spacial score (nSPS) is 12.0. The minimum Gasteiger partial charge on any atom is -0.390 e. The lowest BCUT2D eigenvalue weighted by molar-refractivity contribution is 0.0697. The van der Waals surface area contributed by atoms with Crippen LogP contribution in [0.15, 0.2) is 0 Å². The standard InChI is InChI=1S/C11H25NO2/c1-4-5-9-14-10-8-12-7-6-11(2,3)13/h12-13H,4-10H2,1-3H3. The summed E-state index contributed by atoms with van der Waals surface area (Å²) in [7, 11) is 0. The summed E-state index contributed by atoms with van der Waals surface area (Å²) in [6.45, 7) is 9.17. The molecule has 0 saturated heterocycles. The highest BCUT2D eigenvalue weighted by Gasteiger charge is 2.10. The summed E-state index contributed by atoms with van der Waals surface area (Å²) in [5, 5.41) is 12.7. The van der Waals surface area contributed by atoms with Crippen LogP contribution in [0, 0.1) is 0 Å². The second kappa shape index (κ2) is 8.21. The van der Waals surface area contributed by atoms with E-state index in [0.717, 1.165) is 39.1 Å². The molecule has 0 spiro atoms. The predicted octanol–water partition coefficient (Wildman–Crippen LogP) is 1.55. The Hall–Kier alpha value is -0.120. The van der Waals surface area contributed by atoms with Crippen LogP contribution in [-0.4, -0.2) is 37.0 Å². The number of ether oxygens (including phenoxy) is 1. The number of nitrogens with one attached hydrogen (secondary N) is 1. The Labute approximate surface area is 87.8 Å². The molecule has 14 heavy (non-hydrogen) atoms. The van der Waals surface area contributed by atoms with Crippen LogP contribution in [0.3, 0.4) is 0 Å². The molecule has 0 aromatic carbocycles. The first-order valence-electron chi connectivity index (χ1n) is 5.57. The molecule has 0 atom stereocenters. The summed E-state index contributed by atoms with van der Waals surface area (Å²) in [5.74, 6) is 0. The molecule has 0 fully saturated rings. The van der Waals surface area contributed by atoms with Gasteiger partial charge in [-0.05, 0) is 33.2 Å². The van der Waals surface area contributed by atoms with E-state index in [1.807, 2.05) is 13.8 Å². The predicted molar refractivity (Wildman–Crippen MR) is 59.5 cm³/mol. The molecular weight excluding hydrogens is 178 g/mol. The van der Waals surface area contributed by atoms with E-state index in [4.69, 9.17) is 4.74 Å². The maximum atomic E-state index is 9.42. The Morgan fingerprint density at radius 3 is 2.50 bits per heavy atom. The van der Waals surface area contributed by atoms with Crippen LogP contribution in [0.25, 0.3) is 0 Å². The van der Waals surface area contributed by atoms with Crippen LogP contribution in [-0.2, 0) is 4.74 Å². The molecule has 0 aromatic heterocycles. The van der Waals surface area contributed by atoms with Gasteiger partial charge in [0.2, 0.25) is 0 Å². The highest BCUT2D eigenvalue weighted by atomic mass is 16.5. The monoisotopic (exact) mass is 203 g/mol. The fourth-order valence-electron chi connectivity index (χ4n) is 1.01. The first-order valence-corrected chi connectivity index (χ1v) is 5.57. The molecule has 0 saturated carbocycles. The number of hydrogen-bond donors (Lipinski definition) is 2. The van der Waals surface area contributed by atoms with E-state index in [0.29, 0.717) is 0 Å². The molecule has 0 aromatic rings. The van der Waals surface area contributed by atoms with Gasteiger partial charge in [-0.3, -0.25) is 0 Å². The van der Waals surface area contributed by atoms with Crippen molar-refractivity contribution >= 4 is 0 Å². The van der Waals surface area contributed by atoms with Gasteiger partial charge in [-0.25, -0.2) is 0 Å². The van der Waals surface area contributed by atoms with E-state index < -0.39 is 5.60 Å². The van der Waals surface area contributed by atoms with Gasteiger partial charge in [0.05, 0.1) is 12.2 Å². The Bertz CT molecular complexity index is 121. The second-order valence-corrected chi connectivity index (χ2v) is 4.28. The smallest absolute Gasteiger partial charge is 0.0603 e. The Kier molecular flexibility index (Phi) is 8.14. The average molecular weight is 203 g/mol. The van der Waals surface area contributed by atoms with Gasteiger partial charge in [-0.15, -0.1) is 0 Å². The number of hydrogen-bond acceptors (Lipinski definition) is 3. The van der Waals surface area contributed by atoms with Crippen LogP contribution in [0.5, 0.6) is 0 Å². The average Bonchev–Trinajstić information content (AvgIpc) is 2.08. The lowest BCUT2D eigenvalue weighted by Crippen LogP contribution is -2.28. The van der Waals surface area contributed by atoms with E-state index in [9.17, 15) is 5.11 Å². The SMILES string of the molecule is CCCCOCCNCCC(C)(C)O. The maximum Gasteiger partial charge on any atom is 0.0603 e. The molecule has 0 rings (SSSR count). The molecule has 0 amide bonds. The largest absolute Gasteiger partial charge is 0.390 e. The quantitative estimate of drug-likeness (QED) is 0.559. The van der Waals surface area contributed by atoms with Gasteiger partial charge >= 0.3 is 0 Å². The number of unbranched alkanes of at least 4 members (excludes halogenated alkanes) is 1. The van der Waals surface area contributed by atoms with Crippen molar-refractivity contribution in [2.24, 2.45) is 0 Å². The lowest BCUT2D eigenvalue weighted by atomic mass is 10.1. The summed E-state index contributed by atoms with van der Waals surface area (Å²) in [6.07, 6.45) is 3.11. The summed E-state index contributed by atoms with van der Waals surface area (Å²) in [5.41, 5.74) is -0.559. The minimum absolute atomic E-state index is 0.559. The zero-order valence-corrected chi connectivity index (χ0v) is 9.81. The maximum absolute atomic E-state index is 9.42. The van der Waals surface area contributed by atoms with Crippen LogP contribution in [0.1, 0.15) is 40.0 Å². The number of rotatable bonds is 9. The molecule has 0 unspecified atom stereocenters. The molecule has 0 bridgehead atoms. The third-order valence-electron chi connectivity index (χ3n) is 1.98. The van der Waals surface area contributed by atoms with Gasteiger partial charge in [0.15, 0.2) is 0 Å². The van der Waals surface area contributed by atoms with E-state index >= 15 is 0 Å². The molecule has 0 aliphatic rings. The fourth-order valence-corrected chi connectivity index (χ4v) is 1.01. The van der Waals surface area contributed by atoms with Gasteiger partial charge in [0, 0.05) is 13.2 Å². The van der Waals surface area contributed by atoms with Crippen molar-refractivity contribution < 1.29 is 9.84 Å². The van der Waals surface area contributed by atoms with Crippen molar-refractivity contribution in [3.05, 3.63) is 0 Å². The molecule has 0 aliphatic heterocycles. The molecular formula is C11H25NO2. The molecule has 0 radical (unpaired) electrons. The second-order valence-electron chi connectivity index (χ2n) is 4.28. The van der Waals surface area contributed by atoms with Gasteiger partial charge in [0.25, 0.3) is 0 Å². The molecule has 86 valence electrons. The Morgan fingerprint density at radius 1 is 1.21 bits per heavy atom. The van der Waals surface area contributed by atoms with Gasteiger partial charge in [-0.2, -0.15) is 0 Å². The highest BCUT2D eigenvalue weighted by molar-refractivity contribution is 4.65.